The predicted octanol–water partition coefficient (Wildman–Crippen LogP) is 5.19. The lowest BCUT2D eigenvalue weighted by molar-refractivity contribution is -0.136. The number of carbonyl (C=O) groups excluding carboxylic acids is 5. The molecule has 0 spiro atoms. The van der Waals surface area contributed by atoms with Gasteiger partial charge in [0.15, 0.2) is 0 Å². The number of hydrogen-bond donors (Lipinski definition) is 4. The molecule has 6 heterocycles. The second-order valence-electron chi connectivity index (χ2n) is 19.8. The Balaban J connectivity index is 0.664. The number of piperazine rings is 1. The lowest BCUT2D eigenvalue weighted by Crippen LogP contribution is -2.50. The van der Waals surface area contributed by atoms with Crippen LogP contribution in [0.2, 0.25) is 0 Å². The molecule has 2 bridgehead atoms. The molecule has 1 unspecified atom stereocenters. The number of amides is 5. The summed E-state index contributed by atoms with van der Waals surface area (Å²) in [6.07, 6.45) is 6.53. The molecule has 0 radical (unpaired) electrons. The van der Waals surface area contributed by atoms with Crippen LogP contribution in [0.1, 0.15) is 51.0 Å². The van der Waals surface area contributed by atoms with E-state index in [1.807, 2.05) is 12.1 Å². The number of aromatic nitrogens is 3. The van der Waals surface area contributed by atoms with Crippen molar-refractivity contribution in [2.45, 2.75) is 63.1 Å². The molecule has 380 valence electrons. The maximum absolute atomic E-state index is 13.6. The Morgan fingerprint density at radius 3 is 2.12 bits per heavy atom. The fourth-order valence-electron chi connectivity index (χ4n) is 10.9. The zero-order valence-electron chi connectivity index (χ0n) is 40.5. The van der Waals surface area contributed by atoms with Crippen LogP contribution in [0.25, 0.3) is 21.8 Å². The van der Waals surface area contributed by atoms with Crippen LogP contribution in [0.4, 0.5) is 27.1 Å². The molecular formula is C54H53FN10O9. The van der Waals surface area contributed by atoms with Gasteiger partial charge in [-0.1, -0.05) is 0 Å². The van der Waals surface area contributed by atoms with Crippen LogP contribution in [0.5, 0.6) is 17.2 Å². The summed E-state index contributed by atoms with van der Waals surface area (Å²) in [5, 5.41) is 11.5. The van der Waals surface area contributed by atoms with Crippen molar-refractivity contribution >= 4 is 74.1 Å². The number of hydrogen-bond acceptors (Lipinski definition) is 14. The second kappa shape index (κ2) is 19.7. The first-order valence-corrected chi connectivity index (χ1v) is 24.9. The average Bonchev–Trinajstić information content (AvgIpc) is 4.04. The van der Waals surface area contributed by atoms with E-state index in [1.165, 1.54) is 30.3 Å². The van der Waals surface area contributed by atoms with Gasteiger partial charge >= 0.3 is 0 Å². The summed E-state index contributed by atoms with van der Waals surface area (Å²) in [6.45, 7) is 4.54. The van der Waals surface area contributed by atoms with Crippen LogP contribution in [0.3, 0.4) is 0 Å². The lowest BCUT2D eigenvalue weighted by atomic mass is 9.95. The van der Waals surface area contributed by atoms with E-state index >= 15 is 0 Å². The highest BCUT2D eigenvalue weighted by Crippen LogP contribution is 2.48. The summed E-state index contributed by atoms with van der Waals surface area (Å²) in [5.41, 5.74) is 0.582. The molecule has 3 atom stereocenters. The third kappa shape index (κ3) is 9.65. The summed E-state index contributed by atoms with van der Waals surface area (Å²) >= 11 is 0. The smallest absolute Gasteiger partial charge is 0.272 e. The number of fused-ring (bicyclic) bond motifs is 4. The van der Waals surface area contributed by atoms with Gasteiger partial charge in [0, 0.05) is 79.9 Å². The van der Waals surface area contributed by atoms with E-state index in [-0.39, 0.29) is 42.2 Å². The molecule has 74 heavy (non-hydrogen) atoms. The number of ether oxygens (including phenoxy) is 2. The van der Waals surface area contributed by atoms with E-state index < -0.39 is 52.0 Å². The van der Waals surface area contributed by atoms with Crippen LogP contribution in [0.15, 0.2) is 107 Å². The molecule has 19 nitrogen and oxygen atoms in total. The zero-order valence-corrected chi connectivity index (χ0v) is 40.5. The van der Waals surface area contributed by atoms with E-state index in [2.05, 4.69) is 45.9 Å². The Kier molecular flexibility index (Phi) is 12.8. The molecule has 20 heteroatoms. The van der Waals surface area contributed by atoms with Crippen molar-refractivity contribution in [3.05, 3.63) is 124 Å². The van der Waals surface area contributed by atoms with Gasteiger partial charge in [0.1, 0.15) is 34.5 Å². The van der Waals surface area contributed by atoms with Crippen molar-refractivity contribution in [1.82, 2.24) is 29.7 Å². The topological polar surface area (TPSA) is 226 Å². The molecule has 2 aromatic heterocycles. The summed E-state index contributed by atoms with van der Waals surface area (Å²) in [7, 11) is 1.66. The Hall–Kier alpha value is -8.10. The maximum Gasteiger partial charge on any atom is 0.272 e. The maximum atomic E-state index is 13.6. The molecule has 5 fully saturated rings. The summed E-state index contributed by atoms with van der Waals surface area (Å²) in [4.78, 5) is 107. The SMILES string of the molecule is COc1cc2c(Oc3ccc(NC(=O)C4(C(=O)Nc5ccc(F)cc5)CC4)cc3)ccnc2cc1N1CCC(CN2C[C@@H]3C[C@H]2CN3CC(=O)Nc2ccc3ncc(=O)n(C4CCC(=O)NC4=O)c(=O)c3c2)CC1. The number of carbonyl (C=O) groups is 5. The minimum atomic E-state index is -1.19. The van der Waals surface area contributed by atoms with Crippen molar-refractivity contribution in [3.8, 4) is 17.2 Å². The van der Waals surface area contributed by atoms with E-state index in [0.717, 1.165) is 79.3 Å². The number of nitrogens with one attached hydrogen (secondary N) is 4. The third-order valence-electron chi connectivity index (χ3n) is 15.1. The van der Waals surface area contributed by atoms with Crippen molar-refractivity contribution < 1.29 is 37.8 Å². The van der Waals surface area contributed by atoms with Gasteiger partial charge in [0.25, 0.3) is 11.1 Å². The van der Waals surface area contributed by atoms with Crippen LogP contribution in [-0.4, -0.2) is 112 Å². The normalized spacial score (nSPS) is 20.6. The number of methoxy groups -OCH3 is 1. The number of likely N-dealkylation sites (tertiary alicyclic amines) is 2. The van der Waals surface area contributed by atoms with Gasteiger partial charge in [-0.3, -0.25) is 63.2 Å². The Bertz CT molecular complexity index is 3360. The number of pyridine rings is 1. The van der Waals surface area contributed by atoms with Crippen LogP contribution in [0, 0.1) is 17.2 Å². The van der Waals surface area contributed by atoms with Gasteiger partial charge < -0.3 is 30.3 Å². The van der Waals surface area contributed by atoms with Gasteiger partial charge in [0.05, 0.1) is 42.0 Å². The molecule has 4 N–H and O–H groups in total. The van der Waals surface area contributed by atoms with E-state index in [1.54, 1.807) is 55.8 Å². The van der Waals surface area contributed by atoms with Gasteiger partial charge in [-0.25, -0.2) is 4.39 Å². The Morgan fingerprint density at radius 1 is 0.757 bits per heavy atom. The third-order valence-corrected chi connectivity index (χ3v) is 15.1. The number of anilines is 4. The molecular weight excluding hydrogens is 952 g/mol. The van der Waals surface area contributed by atoms with Gasteiger partial charge in [0.2, 0.25) is 29.5 Å². The quantitative estimate of drug-likeness (QED) is 0.0814. The first-order valence-electron chi connectivity index (χ1n) is 24.9. The number of imide groups is 1. The van der Waals surface area contributed by atoms with Crippen LogP contribution < -0.4 is 46.8 Å². The standard InChI is InChI=1S/C54H53FN10O9/c1-73-46-24-39-42(56-19-14-45(39)74-38-9-6-34(7-10-38)60-53(72)54(17-18-54)52(71)59-33-4-2-32(55)3-5-33)25-44(46)62-20-15-31(16-21-62)27-63-28-37-23-36(63)29-64(37)30-48(67)58-35-8-11-41-40(22-35)51(70)65(49(68)26-57-41)43-12-13-47(66)61-50(43)69/h2-11,14,19,22,24-26,31,36-37,43H,12-13,15-18,20-21,23,27-30H2,1H3,(H,58,67)(H,59,71)(H,60,72)(H,61,66,69)/t36-,37-,43?/m0/s1. The zero-order chi connectivity index (χ0) is 51.3. The highest BCUT2D eigenvalue weighted by molar-refractivity contribution is 6.17. The number of benzene rings is 4. The monoisotopic (exact) mass is 1000 g/mol. The van der Waals surface area contributed by atoms with Crippen LogP contribution >= 0.6 is 0 Å². The predicted molar refractivity (Wildman–Crippen MR) is 273 cm³/mol. The fourth-order valence-corrected chi connectivity index (χ4v) is 10.9. The molecule has 6 aromatic rings. The fraction of sp³-hybridized carbons (Fsp3) is 0.352. The van der Waals surface area contributed by atoms with E-state index in [4.69, 9.17) is 9.47 Å². The number of halogens is 1. The highest BCUT2D eigenvalue weighted by Gasteiger charge is 2.56. The van der Waals surface area contributed by atoms with E-state index in [0.29, 0.717) is 59.1 Å². The summed E-state index contributed by atoms with van der Waals surface area (Å²) in [6, 6.07) is 22.2. The van der Waals surface area contributed by atoms with Crippen molar-refractivity contribution in [2.24, 2.45) is 11.3 Å². The summed E-state index contributed by atoms with van der Waals surface area (Å²) < 4.78 is 26.5. The lowest BCUT2D eigenvalue weighted by Gasteiger charge is -2.39. The average molecular weight is 1010 g/mol. The first-order chi connectivity index (χ1) is 35.8. The highest BCUT2D eigenvalue weighted by atomic mass is 19.1. The molecule has 11 rings (SSSR count). The van der Waals surface area contributed by atoms with Crippen molar-refractivity contribution in [3.63, 3.8) is 0 Å². The van der Waals surface area contributed by atoms with Gasteiger partial charge in [-0.2, -0.15) is 0 Å². The van der Waals surface area contributed by atoms with Crippen molar-refractivity contribution in [1.29, 1.82) is 0 Å². The minimum Gasteiger partial charge on any atom is -0.495 e. The summed E-state index contributed by atoms with van der Waals surface area (Å²) in [5.74, 6) is -0.316. The molecule has 5 amide bonds. The largest absolute Gasteiger partial charge is 0.495 e. The Labute approximate surface area is 423 Å². The number of nitrogens with zero attached hydrogens (tertiary/aromatic N) is 6. The molecule has 4 aromatic carbocycles. The van der Waals surface area contributed by atoms with Gasteiger partial charge in [-0.05, 0) is 129 Å². The minimum absolute atomic E-state index is 0.00465. The first kappa shape index (κ1) is 48.2. The van der Waals surface area contributed by atoms with E-state index in [9.17, 15) is 38.0 Å². The molecule has 4 saturated heterocycles. The molecule has 5 aliphatic rings. The number of piperidine rings is 2. The van der Waals surface area contributed by atoms with Crippen LogP contribution in [-0.2, 0) is 24.0 Å². The number of rotatable bonds is 14. The van der Waals surface area contributed by atoms with Crippen molar-refractivity contribution in [2.75, 3.05) is 67.2 Å². The molecule has 1 aliphatic carbocycles. The second-order valence-corrected chi connectivity index (χ2v) is 19.8. The Morgan fingerprint density at radius 2 is 1.45 bits per heavy atom. The molecule has 1 saturated carbocycles. The van der Waals surface area contributed by atoms with Gasteiger partial charge in [-0.15, -0.1) is 0 Å². The molecule has 4 aliphatic heterocycles.